The molecule has 5 nitrogen and oxygen atoms in total. The Labute approximate surface area is 106 Å². The van der Waals surface area contributed by atoms with E-state index >= 15 is 0 Å². The maximum absolute atomic E-state index is 5.22. The molecule has 6 heteroatoms. The van der Waals surface area contributed by atoms with Gasteiger partial charge in [0.15, 0.2) is 5.11 Å². The van der Waals surface area contributed by atoms with Crippen LogP contribution in [0.1, 0.15) is 5.56 Å². The summed E-state index contributed by atoms with van der Waals surface area (Å²) in [5.74, 6) is 1.42. The fourth-order valence-electron chi connectivity index (χ4n) is 1.14. The third-order valence-electron chi connectivity index (χ3n) is 2.04. The quantitative estimate of drug-likeness (QED) is 0.478. The van der Waals surface area contributed by atoms with Gasteiger partial charge in [0.2, 0.25) is 0 Å². The lowest BCUT2D eigenvalue weighted by molar-refractivity contribution is 0.394. The summed E-state index contributed by atoms with van der Waals surface area (Å²) in [5, 5.41) is 7.18. The monoisotopic (exact) mass is 253 g/mol. The fraction of sp³-hybridized carbons (Fsp3) is 0.273. The number of methoxy groups -OCH3 is 2. The van der Waals surface area contributed by atoms with E-state index in [0.29, 0.717) is 10.9 Å². The van der Waals surface area contributed by atoms with Gasteiger partial charge in [-0.1, -0.05) is 0 Å². The molecular formula is C11H15N3O2S. The zero-order valence-electron chi connectivity index (χ0n) is 9.98. The SMILES string of the molecule is CNC(=S)N/N=C\c1ccc(OC)cc1OC. The van der Waals surface area contributed by atoms with Gasteiger partial charge in [-0.25, -0.2) is 0 Å². The van der Waals surface area contributed by atoms with E-state index in [2.05, 4.69) is 15.8 Å². The number of hydrogen-bond acceptors (Lipinski definition) is 4. The number of benzene rings is 1. The van der Waals surface area contributed by atoms with Crippen LogP contribution in [0.4, 0.5) is 0 Å². The molecule has 0 saturated carbocycles. The van der Waals surface area contributed by atoms with Crippen LogP contribution in [0.3, 0.4) is 0 Å². The molecule has 0 spiro atoms. The number of rotatable bonds is 4. The van der Waals surface area contributed by atoms with E-state index in [-0.39, 0.29) is 0 Å². The first-order valence-corrected chi connectivity index (χ1v) is 5.35. The minimum absolute atomic E-state index is 0.453. The summed E-state index contributed by atoms with van der Waals surface area (Å²) in [6.45, 7) is 0. The molecule has 0 fully saturated rings. The molecule has 0 bridgehead atoms. The number of hydrogen-bond donors (Lipinski definition) is 2. The molecule has 0 atom stereocenters. The van der Waals surface area contributed by atoms with Gasteiger partial charge < -0.3 is 14.8 Å². The second-order valence-corrected chi connectivity index (χ2v) is 3.47. The van der Waals surface area contributed by atoms with Crippen LogP contribution in [0.5, 0.6) is 11.5 Å². The normalized spacial score (nSPS) is 10.1. The van der Waals surface area contributed by atoms with Crippen LogP contribution in [-0.2, 0) is 0 Å². The van der Waals surface area contributed by atoms with Crippen molar-refractivity contribution < 1.29 is 9.47 Å². The molecule has 1 aromatic carbocycles. The third kappa shape index (κ3) is 3.92. The molecule has 0 aromatic heterocycles. The zero-order valence-corrected chi connectivity index (χ0v) is 10.8. The molecule has 1 aromatic rings. The van der Waals surface area contributed by atoms with Crippen LogP contribution in [0.25, 0.3) is 0 Å². The molecular weight excluding hydrogens is 238 g/mol. The maximum Gasteiger partial charge on any atom is 0.186 e. The lowest BCUT2D eigenvalue weighted by atomic mass is 10.2. The van der Waals surface area contributed by atoms with Crippen LogP contribution in [0, 0.1) is 0 Å². The van der Waals surface area contributed by atoms with E-state index in [4.69, 9.17) is 21.7 Å². The van der Waals surface area contributed by atoms with Crippen molar-refractivity contribution in [1.82, 2.24) is 10.7 Å². The van der Waals surface area contributed by atoms with Crippen molar-refractivity contribution in [3.05, 3.63) is 23.8 Å². The summed E-state index contributed by atoms with van der Waals surface area (Å²) in [5.41, 5.74) is 3.50. The van der Waals surface area contributed by atoms with Gasteiger partial charge in [0.1, 0.15) is 11.5 Å². The van der Waals surface area contributed by atoms with Gasteiger partial charge in [-0.05, 0) is 24.4 Å². The highest BCUT2D eigenvalue weighted by Crippen LogP contribution is 2.22. The summed E-state index contributed by atoms with van der Waals surface area (Å²) >= 11 is 4.88. The maximum atomic E-state index is 5.22. The predicted molar refractivity (Wildman–Crippen MR) is 71.9 cm³/mol. The Morgan fingerprint density at radius 1 is 1.35 bits per heavy atom. The van der Waals surface area contributed by atoms with Crippen LogP contribution in [-0.4, -0.2) is 32.6 Å². The molecule has 0 saturated heterocycles. The van der Waals surface area contributed by atoms with E-state index < -0.39 is 0 Å². The summed E-state index contributed by atoms with van der Waals surface area (Å²) in [6, 6.07) is 5.48. The molecule has 0 radical (unpaired) electrons. The second-order valence-electron chi connectivity index (χ2n) is 3.06. The Balaban J connectivity index is 2.79. The first-order chi connectivity index (χ1) is 8.21. The number of nitrogens with one attached hydrogen (secondary N) is 2. The molecule has 0 amide bonds. The van der Waals surface area contributed by atoms with Gasteiger partial charge in [-0.3, -0.25) is 5.43 Å². The van der Waals surface area contributed by atoms with Gasteiger partial charge >= 0.3 is 0 Å². The van der Waals surface area contributed by atoms with Crippen LogP contribution >= 0.6 is 12.2 Å². The highest BCUT2D eigenvalue weighted by Gasteiger charge is 2.02. The highest BCUT2D eigenvalue weighted by molar-refractivity contribution is 7.80. The summed E-state index contributed by atoms with van der Waals surface area (Å²) < 4.78 is 10.3. The Morgan fingerprint density at radius 3 is 2.71 bits per heavy atom. The average molecular weight is 253 g/mol. The van der Waals surface area contributed by atoms with E-state index in [1.54, 1.807) is 33.5 Å². The fourth-order valence-corrected chi connectivity index (χ4v) is 1.19. The first kappa shape index (κ1) is 13.2. The molecule has 0 unspecified atom stereocenters. The first-order valence-electron chi connectivity index (χ1n) is 4.94. The van der Waals surface area contributed by atoms with Crippen LogP contribution < -0.4 is 20.2 Å². The Hall–Kier alpha value is -1.82. The van der Waals surface area contributed by atoms with Gasteiger partial charge in [0.05, 0.1) is 20.4 Å². The average Bonchev–Trinajstić information content (AvgIpc) is 2.38. The summed E-state index contributed by atoms with van der Waals surface area (Å²) in [4.78, 5) is 0. The molecule has 0 heterocycles. The van der Waals surface area contributed by atoms with E-state index in [1.165, 1.54) is 0 Å². The smallest absolute Gasteiger partial charge is 0.186 e. The van der Waals surface area contributed by atoms with Gasteiger partial charge in [0.25, 0.3) is 0 Å². The summed E-state index contributed by atoms with van der Waals surface area (Å²) in [6.07, 6.45) is 1.63. The number of nitrogens with zero attached hydrogens (tertiary/aromatic N) is 1. The van der Waals surface area contributed by atoms with Crippen LogP contribution in [0.15, 0.2) is 23.3 Å². The Morgan fingerprint density at radius 2 is 2.12 bits per heavy atom. The molecule has 2 N–H and O–H groups in total. The standard InChI is InChI=1S/C11H15N3O2S/c1-12-11(17)14-13-7-8-4-5-9(15-2)6-10(8)16-3/h4-7H,1-3H3,(H2,12,14,17)/b13-7-. The Bertz CT molecular complexity index is 421. The van der Waals surface area contributed by atoms with Gasteiger partial charge in [0, 0.05) is 18.7 Å². The van der Waals surface area contributed by atoms with Gasteiger partial charge in [-0.15, -0.1) is 0 Å². The van der Waals surface area contributed by atoms with E-state index in [0.717, 1.165) is 11.3 Å². The van der Waals surface area contributed by atoms with Gasteiger partial charge in [-0.2, -0.15) is 5.10 Å². The Kier molecular flexibility index (Phi) is 5.22. The van der Waals surface area contributed by atoms with Crippen molar-refractivity contribution in [3.8, 4) is 11.5 Å². The van der Waals surface area contributed by atoms with E-state index in [1.807, 2.05) is 12.1 Å². The number of hydrazone groups is 1. The summed E-state index contributed by atoms with van der Waals surface area (Å²) in [7, 11) is 4.92. The van der Waals surface area contributed by atoms with E-state index in [9.17, 15) is 0 Å². The number of thiocarbonyl (C=S) groups is 1. The molecule has 1 rings (SSSR count). The highest BCUT2D eigenvalue weighted by atomic mass is 32.1. The molecule has 0 aliphatic heterocycles. The largest absolute Gasteiger partial charge is 0.497 e. The predicted octanol–water partition coefficient (Wildman–Crippen LogP) is 1.13. The van der Waals surface area contributed by atoms with Crippen molar-refractivity contribution in [1.29, 1.82) is 0 Å². The third-order valence-corrected chi connectivity index (χ3v) is 2.33. The second kappa shape index (κ2) is 6.70. The van der Waals surface area contributed by atoms with Crippen molar-refractivity contribution in [2.24, 2.45) is 5.10 Å². The molecule has 17 heavy (non-hydrogen) atoms. The van der Waals surface area contributed by atoms with Crippen molar-refractivity contribution in [2.45, 2.75) is 0 Å². The molecule has 92 valence electrons. The minimum atomic E-state index is 0.453. The minimum Gasteiger partial charge on any atom is -0.497 e. The zero-order chi connectivity index (χ0) is 12.7. The van der Waals surface area contributed by atoms with Crippen molar-refractivity contribution in [3.63, 3.8) is 0 Å². The lowest BCUT2D eigenvalue weighted by Crippen LogP contribution is -2.28. The molecule has 0 aliphatic rings. The number of ether oxygens (including phenoxy) is 2. The van der Waals surface area contributed by atoms with Crippen LogP contribution in [0.2, 0.25) is 0 Å². The molecule has 0 aliphatic carbocycles. The topological polar surface area (TPSA) is 54.9 Å². The lowest BCUT2D eigenvalue weighted by Gasteiger charge is -2.07. The van der Waals surface area contributed by atoms with Crippen molar-refractivity contribution >= 4 is 23.5 Å². The van der Waals surface area contributed by atoms with Crippen molar-refractivity contribution in [2.75, 3.05) is 21.3 Å².